The van der Waals surface area contributed by atoms with E-state index in [1.54, 1.807) is 18.2 Å². The van der Waals surface area contributed by atoms with Crippen molar-refractivity contribution in [2.45, 2.75) is 13.1 Å². The Morgan fingerprint density at radius 2 is 1.68 bits per heavy atom. The third-order valence-electron chi connectivity index (χ3n) is 3.85. The number of hydrogen-bond acceptors (Lipinski definition) is 4. The Labute approximate surface area is 159 Å². The minimum atomic E-state index is -4.46. The summed E-state index contributed by atoms with van der Waals surface area (Å²) in [6.07, 6.45) is -4.46. The van der Waals surface area contributed by atoms with Gasteiger partial charge in [0, 0.05) is 18.7 Å². The fraction of sp³-hybridized carbons (Fsp3) is 0.263. The van der Waals surface area contributed by atoms with Crippen LogP contribution in [0.5, 0.6) is 11.5 Å². The maximum atomic E-state index is 12.6. The first-order valence-electron chi connectivity index (χ1n) is 8.13. The van der Waals surface area contributed by atoms with E-state index in [2.05, 4.69) is 5.32 Å². The van der Waals surface area contributed by atoms with E-state index in [0.717, 1.165) is 24.3 Å². The highest BCUT2D eigenvalue weighted by molar-refractivity contribution is 6.02. The molecule has 150 valence electrons. The van der Waals surface area contributed by atoms with Gasteiger partial charge in [0.1, 0.15) is 18.0 Å². The molecule has 0 fully saturated rings. The van der Waals surface area contributed by atoms with Gasteiger partial charge in [0.25, 0.3) is 0 Å². The van der Waals surface area contributed by atoms with Gasteiger partial charge in [-0.3, -0.25) is 14.5 Å². The van der Waals surface area contributed by atoms with E-state index in [4.69, 9.17) is 9.47 Å². The zero-order valence-corrected chi connectivity index (χ0v) is 15.5. The second-order valence-corrected chi connectivity index (χ2v) is 5.77. The maximum absolute atomic E-state index is 12.6. The molecule has 2 aromatic carbocycles. The summed E-state index contributed by atoms with van der Waals surface area (Å²) in [5.74, 6) is -0.183. The smallest absolute Gasteiger partial charge is 0.416 e. The fourth-order valence-corrected chi connectivity index (χ4v) is 2.46. The largest absolute Gasteiger partial charge is 0.497 e. The molecular weight excluding hydrogens is 377 g/mol. The lowest BCUT2D eigenvalue weighted by Gasteiger charge is -2.23. The molecule has 0 aliphatic rings. The van der Waals surface area contributed by atoms with Crippen LogP contribution in [0.1, 0.15) is 12.5 Å². The molecule has 6 nitrogen and oxygen atoms in total. The predicted molar refractivity (Wildman–Crippen MR) is 97.6 cm³/mol. The van der Waals surface area contributed by atoms with E-state index in [-0.39, 0.29) is 12.2 Å². The molecule has 0 radical (unpaired) electrons. The first-order chi connectivity index (χ1) is 13.2. The van der Waals surface area contributed by atoms with Crippen molar-refractivity contribution in [3.63, 3.8) is 0 Å². The van der Waals surface area contributed by atoms with Crippen molar-refractivity contribution < 1.29 is 32.2 Å². The van der Waals surface area contributed by atoms with Crippen LogP contribution in [0.2, 0.25) is 0 Å². The van der Waals surface area contributed by atoms with Gasteiger partial charge in [-0.15, -0.1) is 0 Å². The molecule has 2 rings (SSSR count). The summed E-state index contributed by atoms with van der Waals surface area (Å²) in [5, 5.41) is 2.47. The normalized spacial score (nSPS) is 10.9. The number of ether oxygens (including phenoxy) is 2. The van der Waals surface area contributed by atoms with Gasteiger partial charge in [-0.1, -0.05) is 0 Å². The quantitative estimate of drug-likeness (QED) is 0.808. The van der Waals surface area contributed by atoms with Gasteiger partial charge >= 0.3 is 6.18 Å². The summed E-state index contributed by atoms with van der Waals surface area (Å²) in [5.41, 5.74) is -0.312. The number of hydrogen-bond donors (Lipinski definition) is 1. The molecule has 2 aromatic rings. The van der Waals surface area contributed by atoms with E-state index in [1.807, 2.05) is 0 Å². The molecule has 1 N–H and O–H groups in total. The third-order valence-corrected chi connectivity index (χ3v) is 3.85. The van der Waals surface area contributed by atoms with E-state index in [9.17, 15) is 22.8 Å². The van der Waals surface area contributed by atoms with Crippen LogP contribution in [0.15, 0.2) is 42.5 Å². The molecule has 0 heterocycles. The van der Waals surface area contributed by atoms with Crippen molar-refractivity contribution in [1.82, 2.24) is 0 Å². The summed E-state index contributed by atoms with van der Waals surface area (Å²) >= 11 is 0. The Morgan fingerprint density at radius 1 is 1.04 bits per heavy atom. The Bertz CT molecular complexity index is 851. The van der Waals surface area contributed by atoms with Crippen LogP contribution in [0.25, 0.3) is 0 Å². The second kappa shape index (κ2) is 8.64. The van der Waals surface area contributed by atoms with Crippen molar-refractivity contribution >= 4 is 23.2 Å². The third kappa shape index (κ3) is 5.15. The van der Waals surface area contributed by atoms with Crippen LogP contribution in [0, 0.1) is 0 Å². The number of alkyl halides is 3. The van der Waals surface area contributed by atoms with Crippen LogP contribution in [-0.2, 0) is 15.8 Å². The average molecular weight is 396 g/mol. The number of carbonyl (C=O) groups excluding carboxylic acids is 2. The van der Waals surface area contributed by atoms with Crippen molar-refractivity contribution in [2.24, 2.45) is 0 Å². The van der Waals surface area contributed by atoms with Crippen LogP contribution in [0.4, 0.5) is 24.5 Å². The number of amides is 2. The van der Waals surface area contributed by atoms with Gasteiger partial charge in [-0.25, -0.2) is 0 Å². The minimum Gasteiger partial charge on any atom is -0.497 e. The monoisotopic (exact) mass is 396 g/mol. The van der Waals surface area contributed by atoms with Gasteiger partial charge in [0.2, 0.25) is 11.8 Å². The van der Waals surface area contributed by atoms with E-state index >= 15 is 0 Å². The van der Waals surface area contributed by atoms with Crippen LogP contribution < -0.4 is 19.7 Å². The van der Waals surface area contributed by atoms with Crippen molar-refractivity contribution in [3.8, 4) is 11.5 Å². The van der Waals surface area contributed by atoms with Crippen molar-refractivity contribution in [3.05, 3.63) is 48.0 Å². The lowest BCUT2D eigenvalue weighted by atomic mass is 10.2. The Kier molecular flexibility index (Phi) is 6.50. The summed E-state index contributed by atoms with van der Waals surface area (Å²) in [6.45, 7) is 0.921. The number of nitrogens with zero attached hydrogens (tertiary/aromatic N) is 1. The SMILES string of the molecule is COc1ccc(OC)c(N(CC(=O)Nc2ccc(C(F)(F)F)cc2)C(C)=O)c1. The summed E-state index contributed by atoms with van der Waals surface area (Å²) in [4.78, 5) is 25.6. The molecule has 0 atom stereocenters. The first kappa shape index (κ1) is 21.1. The summed E-state index contributed by atoms with van der Waals surface area (Å²) < 4.78 is 48.2. The molecule has 0 saturated heterocycles. The van der Waals surface area contributed by atoms with E-state index < -0.39 is 23.6 Å². The second-order valence-electron chi connectivity index (χ2n) is 5.77. The summed E-state index contributed by atoms with van der Waals surface area (Å²) in [7, 11) is 2.88. The number of halogens is 3. The molecule has 0 spiro atoms. The number of carbonyl (C=O) groups is 2. The van der Waals surface area contributed by atoms with E-state index in [1.165, 1.54) is 26.0 Å². The lowest BCUT2D eigenvalue weighted by Crippen LogP contribution is -2.37. The molecule has 0 aliphatic heterocycles. The highest BCUT2D eigenvalue weighted by Gasteiger charge is 2.30. The molecule has 28 heavy (non-hydrogen) atoms. The molecule has 0 saturated carbocycles. The van der Waals surface area contributed by atoms with Gasteiger partial charge in [-0.2, -0.15) is 13.2 Å². The summed E-state index contributed by atoms with van der Waals surface area (Å²) in [6, 6.07) is 8.80. The zero-order chi connectivity index (χ0) is 20.9. The Hall–Kier alpha value is -3.23. The molecule has 9 heteroatoms. The van der Waals surface area contributed by atoms with E-state index in [0.29, 0.717) is 17.2 Å². The molecule has 0 bridgehead atoms. The molecule has 2 amide bonds. The van der Waals surface area contributed by atoms with Crippen LogP contribution in [-0.4, -0.2) is 32.6 Å². The first-order valence-corrected chi connectivity index (χ1v) is 8.13. The minimum absolute atomic E-state index is 0.180. The molecule has 0 aromatic heterocycles. The average Bonchev–Trinajstić information content (AvgIpc) is 2.65. The van der Waals surface area contributed by atoms with Crippen LogP contribution in [0.3, 0.4) is 0 Å². The number of methoxy groups -OCH3 is 2. The van der Waals surface area contributed by atoms with Crippen molar-refractivity contribution in [1.29, 1.82) is 0 Å². The predicted octanol–water partition coefficient (Wildman–Crippen LogP) is 3.71. The number of benzene rings is 2. The van der Waals surface area contributed by atoms with Gasteiger partial charge < -0.3 is 14.8 Å². The van der Waals surface area contributed by atoms with Gasteiger partial charge in [0.05, 0.1) is 25.5 Å². The molecular formula is C19H19F3N2O4. The lowest BCUT2D eigenvalue weighted by molar-refractivity contribution is -0.137. The highest BCUT2D eigenvalue weighted by atomic mass is 19.4. The standard InChI is InChI=1S/C19H19F3N2O4/c1-12(25)24(16-10-15(27-2)8-9-17(16)28-3)11-18(26)23-14-6-4-13(5-7-14)19(20,21)22/h4-10H,11H2,1-3H3,(H,23,26). The molecule has 0 aliphatic carbocycles. The zero-order valence-electron chi connectivity index (χ0n) is 15.5. The number of rotatable bonds is 6. The topological polar surface area (TPSA) is 67.9 Å². The van der Waals surface area contributed by atoms with Crippen LogP contribution >= 0.6 is 0 Å². The Morgan fingerprint density at radius 3 is 2.18 bits per heavy atom. The van der Waals surface area contributed by atoms with Gasteiger partial charge in [-0.05, 0) is 36.4 Å². The van der Waals surface area contributed by atoms with Gasteiger partial charge in [0.15, 0.2) is 0 Å². The Balaban J connectivity index is 2.19. The highest BCUT2D eigenvalue weighted by Crippen LogP contribution is 2.33. The van der Waals surface area contributed by atoms with Crippen molar-refractivity contribution in [2.75, 3.05) is 31.0 Å². The molecule has 0 unspecified atom stereocenters. The number of anilines is 2. The fourth-order valence-electron chi connectivity index (χ4n) is 2.46. The maximum Gasteiger partial charge on any atom is 0.416 e. The number of nitrogens with one attached hydrogen (secondary N) is 1.